The third-order valence-electron chi connectivity index (χ3n) is 4.64. The summed E-state index contributed by atoms with van der Waals surface area (Å²) in [5.74, 6) is -0.756. The van der Waals surface area contributed by atoms with E-state index in [1.165, 1.54) is 23.0 Å². The predicted octanol–water partition coefficient (Wildman–Crippen LogP) is 3.27. The van der Waals surface area contributed by atoms with Crippen molar-refractivity contribution in [3.8, 4) is 0 Å². The highest BCUT2D eigenvalue weighted by atomic mass is 19.1. The van der Waals surface area contributed by atoms with Crippen LogP contribution in [0.3, 0.4) is 0 Å². The van der Waals surface area contributed by atoms with Crippen molar-refractivity contribution in [2.24, 2.45) is 0 Å². The number of benzene rings is 2. The quantitative estimate of drug-likeness (QED) is 0.585. The van der Waals surface area contributed by atoms with Crippen molar-refractivity contribution in [1.29, 1.82) is 0 Å². The standard InChI is InChI=1S/C20H17FN4O2/c1-11-3-5-14(7-12(11)2)23-18(26)10-25-20(27)16-9-22-17-6-4-13(21)8-15(17)19(16)24-25/h3-9,24H,10H2,1-2H3,(H,23,26). The first-order valence-corrected chi connectivity index (χ1v) is 8.46. The number of pyridine rings is 1. The molecule has 0 spiro atoms. The molecule has 7 heteroatoms. The fraction of sp³-hybridized carbons (Fsp3) is 0.150. The van der Waals surface area contributed by atoms with Crippen molar-refractivity contribution >= 4 is 33.4 Å². The molecule has 4 aromatic rings. The monoisotopic (exact) mass is 364 g/mol. The van der Waals surface area contributed by atoms with Crippen LogP contribution in [0.25, 0.3) is 21.8 Å². The van der Waals surface area contributed by atoms with E-state index in [0.717, 1.165) is 11.1 Å². The number of carbonyl (C=O) groups is 1. The average Bonchev–Trinajstić information content (AvgIpc) is 2.94. The van der Waals surface area contributed by atoms with Crippen molar-refractivity contribution in [2.45, 2.75) is 20.4 Å². The number of hydrogen-bond acceptors (Lipinski definition) is 3. The van der Waals surface area contributed by atoms with Crippen molar-refractivity contribution in [2.75, 3.05) is 5.32 Å². The maximum absolute atomic E-state index is 13.6. The summed E-state index contributed by atoms with van der Waals surface area (Å²) >= 11 is 0. The summed E-state index contributed by atoms with van der Waals surface area (Å²) in [6.07, 6.45) is 1.44. The van der Waals surface area contributed by atoms with E-state index in [2.05, 4.69) is 15.4 Å². The second-order valence-electron chi connectivity index (χ2n) is 6.56. The van der Waals surface area contributed by atoms with Gasteiger partial charge >= 0.3 is 0 Å². The first kappa shape index (κ1) is 17.0. The molecule has 0 atom stereocenters. The van der Waals surface area contributed by atoms with Crippen LogP contribution in [-0.2, 0) is 11.3 Å². The van der Waals surface area contributed by atoms with E-state index in [9.17, 15) is 14.0 Å². The lowest BCUT2D eigenvalue weighted by molar-refractivity contribution is -0.116. The minimum atomic E-state index is -0.419. The summed E-state index contributed by atoms with van der Waals surface area (Å²) in [6, 6.07) is 9.79. The SMILES string of the molecule is Cc1ccc(NC(=O)Cn2[nH]c3c(cnc4ccc(F)cc43)c2=O)cc1C. The van der Waals surface area contributed by atoms with E-state index < -0.39 is 5.82 Å². The number of aromatic amines is 1. The molecule has 2 N–H and O–H groups in total. The molecule has 27 heavy (non-hydrogen) atoms. The van der Waals surface area contributed by atoms with Crippen molar-refractivity contribution in [1.82, 2.24) is 14.8 Å². The lowest BCUT2D eigenvalue weighted by Crippen LogP contribution is -2.26. The Bertz CT molecular complexity index is 1260. The fourth-order valence-corrected chi connectivity index (χ4v) is 3.05. The summed E-state index contributed by atoms with van der Waals surface area (Å²) in [5, 5.41) is 6.50. The molecule has 136 valence electrons. The molecule has 4 rings (SSSR count). The maximum Gasteiger partial charge on any atom is 0.276 e. The largest absolute Gasteiger partial charge is 0.324 e. The van der Waals surface area contributed by atoms with Gasteiger partial charge in [0.25, 0.3) is 5.56 Å². The number of nitrogens with zero attached hydrogens (tertiary/aromatic N) is 2. The average molecular weight is 364 g/mol. The van der Waals surface area contributed by atoms with E-state index in [4.69, 9.17) is 0 Å². The first-order valence-electron chi connectivity index (χ1n) is 8.46. The molecule has 0 aliphatic rings. The minimum absolute atomic E-state index is 0.183. The number of aryl methyl sites for hydroxylation is 2. The summed E-state index contributed by atoms with van der Waals surface area (Å²) in [5.41, 5.74) is 3.52. The van der Waals surface area contributed by atoms with Crippen molar-refractivity contribution < 1.29 is 9.18 Å². The Balaban J connectivity index is 1.67. The topological polar surface area (TPSA) is 79.8 Å². The molecule has 6 nitrogen and oxygen atoms in total. The van der Waals surface area contributed by atoms with Gasteiger partial charge in [0.1, 0.15) is 12.4 Å². The van der Waals surface area contributed by atoms with Crippen LogP contribution in [-0.4, -0.2) is 20.7 Å². The number of anilines is 1. The zero-order chi connectivity index (χ0) is 19.1. The Kier molecular flexibility index (Phi) is 3.99. The van der Waals surface area contributed by atoms with E-state index in [1.807, 2.05) is 32.0 Å². The van der Waals surface area contributed by atoms with E-state index >= 15 is 0 Å². The van der Waals surface area contributed by atoms with Gasteiger partial charge in [0.15, 0.2) is 0 Å². The van der Waals surface area contributed by atoms with Gasteiger partial charge in [0.2, 0.25) is 5.91 Å². The van der Waals surface area contributed by atoms with Crippen LogP contribution in [0.4, 0.5) is 10.1 Å². The van der Waals surface area contributed by atoms with Gasteiger partial charge in [0.05, 0.1) is 16.4 Å². The number of fused-ring (bicyclic) bond motifs is 3. The van der Waals surface area contributed by atoms with E-state index in [0.29, 0.717) is 27.5 Å². The zero-order valence-electron chi connectivity index (χ0n) is 14.8. The van der Waals surface area contributed by atoms with Gasteiger partial charge in [-0.15, -0.1) is 0 Å². The van der Waals surface area contributed by atoms with Gasteiger partial charge in [0, 0.05) is 17.3 Å². The molecule has 0 unspecified atom stereocenters. The van der Waals surface area contributed by atoms with Gasteiger partial charge in [-0.05, 0) is 55.3 Å². The highest BCUT2D eigenvalue weighted by Crippen LogP contribution is 2.21. The fourth-order valence-electron chi connectivity index (χ4n) is 3.05. The molecular weight excluding hydrogens is 347 g/mol. The number of hydrogen-bond donors (Lipinski definition) is 2. The second-order valence-corrected chi connectivity index (χ2v) is 6.56. The molecule has 0 aliphatic carbocycles. The normalized spacial score (nSPS) is 11.2. The molecule has 0 aliphatic heterocycles. The zero-order valence-corrected chi connectivity index (χ0v) is 14.8. The molecule has 0 fully saturated rings. The lowest BCUT2D eigenvalue weighted by Gasteiger charge is -2.07. The van der Waals surface area contributed by atoms with Crippen molar-refractivity contribution in [3.63, 3.8) is 0 Å². The van der Waals surface area contributed by atoms with Crippen LogP contribution in [0.5, 0.6) is 0 Å². The van der Waals surface area contributed by atoms with Crippen LogP contribution in [0, 0.1) is 19.7 Å². The van der Waals surface area contributed by atoms with Gasteiger partial charge in [-0.3, -0.25) is 19.7 Å². The molecule has 0 saturated carbocycles. The van der Waals surface area contributed by atoms with Crippen LogP contribution >= 0.6 is 0 Å². The van der Waals surface area contributed by atoms with Crippen LogP contribution < -0.4 is 10.9 Å². The van der Waals surface area contributed by atoms with Gasteiger partial charge in [-0.2, -0.15) is 0 Å². The molecule has 0 bridgehead atoms. The summed E-state index contributed by atoms with van der Waals surface area (Å²) in [6.45, 7) is 3.77. The summed E-state index contributed by atoms with van der Waals surface area (Å²) in [4.78, 5) is 29.1. The highest BCUT2D eigenvalue weighted by Gasteiger charge is 2.14. The maximum atomic E-state index is 13.6. The molecular formula is C20H17FN4O2. The Hall–Kier alpha value is -3.48. The van der Waals surface area contributed by atoms with Gasteiger partial charge in [-0.1, -0.05) is 6.07 Å². The number of amides is 1. The Morgan fingerprint density at radius 1 is 1.15 bits per heavy atom. The van der Waals surface area contributed by atoms with Crippen LogP contribution in [0.1, 0.15) is 11.1 Å². The molecule has 0 radical (unpaired) electrons. The Morgan fingerprint density at radius 3 is 2.74 bits per heavy atom. The molecule has 0 saturated heterocycles. The molecule has 2 heterocycles. The smallest absolute Gasteiger partial charge is 0.276 e. The van der Waals surface area contributed by atoms with E-state index in [1.54, 1.807) is 6.07 Å². The van der Waals surface area contributed by atoms with Gasteiger partial charge in [-0.25, -0.2) is 9.07 Å². The highest BCUT2D eigenvalue weighted by molar-refractivity contribution is 6.02. The van der Waals surface area contributed by atoms with Crippen molar-refractivity contribution in [3.05, 3.63) is 69.9 Å². The third-order valence-corrected chi connectivity index (χ3v) is 4.64. The Morgan fingerprint density at radius 2 is 1.96 bits per heavy atom. The Labute approximate surface area is 153 Å². The second kappa shape index (κ2) is 6.35. The summed E-state index contributed by atoms with van der Waals surface area (Å²) in [7, 11) is 0. The first-order chi connectivity index (χ1) is 12.9. The minimum Gasteiger partial charge on any atom is -0.324 e. The van der Waals surface area contributed by atoms with Crippen LogP contribution in [0.15, 0.2) is 47.4 Å². The summed E-state index contributed by atoms with van der Waals surface area (Å²) < 4.78 is 14.8. The predicted molar refractivity (Wildman–Crippen MR) is 102 cm³/mol. The number of rotatable bonds is 3. The number of H-pyrrole nitrogens is 1. The number of carbonyl (C=O) groups excluding carboxylic acids is 1. The molecule has 1 amide bonds. The van der Waals surface area contributed by atoms with Gasteiger partial charge < -0.3 is 5.32 Å². The number of nitrogens with one attached hydrogen (secondary N) is 2. The van der Waals surface area contributed by atoms with Crippen LogP contribution in [0.2, 0.25) is 0 Å². The third kappa shape index (κ3) is 3.08. The molecule has 2 aromatic carbocycles. The number of halogens is 1. The molecule has 2 aromatic heterocycles. The van der Waals surface area contributed by atoms with E-state index in [-0.39, 0.29) is 18.0 Å². The lowest BCUT2D eigenvalue weighted by atomic mass is 10.1. The number of aromatic nitrogens is 3.